The molecule has 1 aliphatic heterocycles. The molecule has 4 aromatic rings. The second-order valence-electron chi connectivity index (χ2n) is 9.75. The average Bonchev–Trinajstić information content (AvgIpc) is 3.32. The summed E-state index contributed by atoms with van der Waals surface area (Å²) in [5.74, 6) is 2.89. The number of aryl methyl sites for hydroxylation is 1. The predicted molar refractivity (Wildman–Crippen MR) is 175 cm³/mol. The molecule has 5 rings (SSSR count). The number of nitrogens with zero attached hydrogens (tertiary/aromatic N) is 1. The molecule has 3 unspecified atom stereocenters. The standard InChI is InChI=1S/C14H14O.C13H19NO2P2.C7H8O/c1-11-5-3-6-12(9-11)13-7-4-8-14(10-13)15-2;1-13(7-8-14(12(13)15)18-17-3)10-5-4-6-11(9-10)16-2;1-8-7-5-3-2-4-6-7/h3-10H,1-2H3;4-6,9,17-18H,7-8H2,1-3H3;2-6H,1H3. The Morgan fingerprint density at radius 1 is 0.707 bits per heavy atom. The summed E-state index contributed by atoms with van der Waals surface area (Å²) in [5, 5.41) is 0. The zero-order valence-corrected chi connectivity index (χ0v) is 26.8. The average molecular weight is 590 g/mol. The second-order valence-corrected chi connectivity index (χ2v) is 13.2. The molecule has 0 aromatic heterocycles. The van der Waals surface area contributed by atoms with Crippen LogP contribution in [0.1, 0.15) is 24.5 Å². The molecule has 0 N–H and O–H groups in total. The first kappa shape index (κ1) is 32.1. The van der Waals surface area contributed by atoms with Crippen LogP contribution in [-0.2, 0) is 10.2 Å². The van der Waals surface area contributed by atoms with Gasteiger partial charge in [0.05, 0.1) is 26.7 Å². The molecule has 5 nitrogen and oxygen atoms in total. The van der Waals surface area contributed by atoms with Crippen molar-refractivity contribution in [1.29, 1.82) is 0 Å². The van der Waals surface area contributed by atoms with Crippen molar-refractivity contribution in [2.75, 3.05) is 34.5 Å². The van der Waals surface area contributed by atoms with Crippen LogP contribution >= 0.6 is 16.7 Å². The van der Waals surface area contributed by atoms with Crippen molar-refractivity contribution in [3.8, 4) is 28.4 Å². The molecular weight excluding hydrogens is 548 g/mol. The van der Waals surface area contributed by atoms with Gasteiger partial charge in [-0.25, -0.2) is 0 Å². The minimum Gasteiger partial charge on any atom is -0.497 e. The lowest BCUT2D eigenvalue weighted by molar-refractivity contribution is -0.127. The van der Waals surface area contributed by atoms with Crippen LogP contribution < -0.4 is 14.2 Å². The van der Waals surface area contributed by atoms with Gasteiger partial charge in [-0.3, -0.25) is 4.79 Å². The predicted octanol–water partition coefficient (Wildman–Crippen LogP) is 8.37. The molecule has 1 aliphatic rings. The maximum absolute atomic E-state index is 12.5. The van der Waals surface area contributed by atoms with E-state index in [1.165, 1.54) is 16.7 Å². The fraction of sp³-hybridized carbons (Fsp3) is 0.265. The number of benzene rings is 4. The Hall–Kier alpha value is -3.39. The molecular formula is C34H41NO4P2. The van der Waals surface area contributed by atoms with Crippen LogP contribution in [0, 0.1) is 6.92 Å². The molecule has 4 aromatic carbocycles. The number of carbonyl (C=O) groups is 1. The first-order valence-corrected chi connectivity index (χ1v) is 17.0. The summed E-state index contributed by atoms with van der Waals surface area (Å²) in [5.41, 5.74) is 4.39. The van der Waals surface area contributed by atoms with Gasteiger partial charge >= 0.3 is 0 Å². The molecule has 0 aliphatic carbocycles. The number of hydrogen-bond donors (Lipinski definition) is 0. The lowest BCUT2D eigenvalue weighted by atomic mass is 9.81. The quantitative estimate of drug-likeness (QED) is 0.203. The van der Waals surface area contributed by atoms with E-state index >= 15 is 0 Å². The Bertz CT molecular complexity index is 1380. The number of amides is 1. The van der Waals surface area contributed by atoms with E-state index in [2.05, 4.69) is 50.0 Å². The topological polar surface area (TPSA) is 48.0 Å². The summed E-state index contributed by atoms with van der Waals surface area (Å²) in [6.07, 6.45) is 0.899. The van der Waals surface area contributed by atoms with Crippen LogP contribution in [0.4, 0.5) is 0 Å². The van der Waals surface area contributed by atoms with Crippen molar-refractivity contribution in [2.45, 2.75) is 25.7 Å². The highest BCUT2D eigenvalue weighted by molar-refractivity contribution is 8.10. The van der Waals surface area contributed by atoms with Gasteiger partial charge in [-0.15, -0.1) is 0 Å². The fourth-order valence-electron chi connectivity index (χ4n) is 4.50. The molecule has 1 saturated heterocycles. The minimum absolute atomic E-state index is 0.267. The van der Waals surface area contributed by atoms with Crippen molar-refractivity contribution in [3.05, 3.63) is 114 Å². The first-order chi connectivity index (χ1) is 19.8. The summed E-state index contributed by atoms with van der Waals surface area (Å²) in [6, 6.07) is 34.1. The monoisotopic (exact) mass is 589 g/mol. The van der Waals surface area contributed by atoms with Gasteiger partial charge in [-0.05, 0) is 80.0 Å². The van der Waals surface area contributed by atoms with Crippen LogP contribution in [0.2, 0.25) is 0 Å². The lowest BCUT2D eigenvalue weighted by Crippen LogP contribution is -2.31. The van der Waals surface area contributed by atoms with Gasteiger partial charge in [0, 0.05) is 15.0 Å². The molecule has 7 heteroatoms. The normalized spacial score (nSPS) is 16.2. The van der Waals surface area contributed by atoms with E-state index in [0.717, 1.165) is 44.0 Å². The van der Waals surface area contributed by atoms with Gasteiger partial charge < -0.3 is 18.9 Å². The Morgan fingerprint density at radius 2 is 1.27 bits per heavy atom. The molecule has 216 valence electrons. The summed E-state index contributed by atoms with van der Waals surface area (Å²) in [4.78, 5) is 12.5. The van der Waals surface area contributed by atoms with Crippen molar-refractivity contribution >= 4 is 22.6 Å². The van der Waals surface area contributed by atoms with Crippen LogP contribution in [0.15, 0.2) is 103 Å². The third-order valence-electron chi connectivity index (χ3n) is 6.91. The van der Waals surface area contributed by atoms with E-state index in [4.69, 9.17) is 14.2 Å². The zero-order chi connectivity index (χ0) is 29.7. The van der Waals surface area contributed by atoms with Gasteiger partial charge in [0.1, 0.15) is 17.2 Å². The number of rotatable bonds is 7. The van der Waals surface area contributed by atoms with E-state index < -0.39 is 0 Å². The number of para-hydroxylation sites is 1. The SMILES string of the molecule is COc1cccc(-c2cccc(C)c2)c1.COc1cccc(C2(C)CCN(PPC)C2=O)c1.COc1ccccc1. The van der Waals surface area contributed by atoms with Crippen molar-refractivity contribution < 1.29 is 19.0 Å². The Balaban J connectivity index is 0.000000181. The molecule has 1 fully saturated rings. The smallest absolute Gasteiger partial charge is 0.236 e. The fourth-order valence-corrected chi connectivity index (χ4v) is 6.79. The largest absolute Gasteiger partial charge is 0.497 e. The van der Waals surface area contributed by atoms with Crippen LogP contribution in [0.5, 0.6) is 17.2 Å². The number of ether oxygens (including phenoxy) is 3. The Kier molecular flexibility index (Phi) is 12.7. The Morgan fingerprint density at radius 3 is 1.85 bits per heavy atom. The van der Waals surface area contributed by atoms with Crippen molar-refractivity contribution in [3.63, 3.8) is 0 Å². The van der Waals surface area contributed by atoms with Gasteiger partial charge in [-0.2, -0.15) is 0 Å². The molecule has 41 heavy (non-hydrogen) atoms. The Labute approximate surface area is 248 Å². The van der Waals surface area contributed by atoms with Gasteiger partial charge in [0.25, 0.3) is 0 Å². The highest BCUT2D eigenvalue weighted by atomic mass is 32.0. The van der Waals surface area contributed by atoms with Crippen LogP contribution in [0.25, 0.3) is 11.1 Å². The summed E-state index contributed by atoms with van der Waals surface area (Å²) in [7, 11) is 6.46. The molecule has 0 spiro atoms. The van der Waals surface area contributed by atoms with Gasteiger partial charge in [0.15, 0.2) is 0 Å². The molecule has 0 saturated carbocycles. The highest BCUT2D eigenvalue weighted by Gasteiger charge is 2.43. The van der Waals surface area contributed by atoms with Gasteiger partial charge in [0.2, 0.25) is 5.91 Å². The zero-order valence-electron chi connectivity index (χ0n) is 24.8. The van der Waals surface area contributed by atoms with Crippen molar-refractivity contribution in [2.24, 2.45) is 0 Å². The van der Waals surface area contributed by atoms with E-state index in [0.29, 0.717) is 8.42 Å². The molecule has 1 heterocycles. The summed E-state index contributed by atoms with van der Waals surface area (Å²) < 4.78 is 17.4. The summed E-state index contributed by atoms with van der Waals surface area (Å²) >= 11 is 0. The van der Waals surface area contributed by atoms with E-state index in [1.54, 1.807) is 21.3 Å². The number of methoxy groups -OCH3 is 3. The third kappa shape index (κ3) is 9.05. The first-order valence-electron chi connectivity index (χ1n) is 13.5. The third-order valence-corrected chi connectivity index (χ3v) is 9.31. The second kappa shape index (κ2) is 16.2. The van der Waals surface area contributed by atoms with E-state index in [9.17, 15) is 4.79 Å². The molecule has 0 bridgehead atoms. The minimum atomic E-state index is -0.374. The molecule has 1 amide bonds. The van der Waals surface area contributed by atoms with Crippen LogP contribution in [0.3, 0.4) is 0 Å². The highest BCUT2D eigenvalue weighted by Crippen LogP contribution is 2.46. The molecule has 3 atom stereocenters. The maximum Gasteiger partial charge on any atom is 0.236 e. The maximum atomic E-state index is 12.5. The van der Waals surface area contributed by atoms with E-state index in [1.807, 2.05) is 78.3 Å². The number of hydrogen-bond acceptors (Lipinski definition) is 4. The van der Waals surface area contributed by atoms with Crippen LogP contribution in [-0.4, -0.2) is 45.1 Å². The van der Waals surface area contributed by atoms with Crippen molar-refractivity contribution in [1.82, 2.24) is 4.67 Å². The molecule has 0 radical (unpaired) electrons. The van der Waals surface area contributed by atoms with Gasteiger partial charge in [-0.1, -0.05) is 80.6 Å². The summed E-state index contributed by atoms with van der Waals surface area (Å²) in [6.45, 7) is 7.18. The van der Waals surface area contributed by atoms with E-state index in [-0.39, 0.29) is 11.3 Å². The number of carbonyl (C=O) groups excluding carboxylic acids is 1. The lowest BCUT2D eigenvalue weighted by Gasteiger charge is -2.24.